The molecule has 0 aromatic heterocycles. The van der Waals surface area contributed by atoms with Crippen molar-refractivity contribution < 1.29 is 13.2 Å². The molecule has 0 bridgehead atoms. The first-order valence-electron chi connectivity index (χ1n) is 7.13. The zero-order chi connectivity index (χ0) is 16.6. The molecule has 1 aromatic rings. The zero-order valence-corrected chi connectivity index (χ0v) is 15.5. The van der Waals surface area contributed by atoms with Gasteiger partial charge in [-0.15, -0.1) is 12.4 Å². The normalized spacial score (nSPS) is 12.3. The van der Waals surface area contributed by atoms with Crippen molar-refractivity contribution in [1.82, 2.24) is 15.4 Å². The van der Waals surface area contributed by atoms with Gasteiger partial charge >= 0.3 is 0 Å². The van der Waals surface area contributed by atoms with E-state index in [9.17, 15) is 13.2 Å². The molecule has 0 aliphatic heterocycles. The number of halogens is 2. The smallest absolute Gasteiger partial charge is 0.241 e. The Labute approximate surface area is 148 Å². The number of rotatable bonds is 9. The topological polar surface area (TPSA) is 87.3 Å². The Bertz CT molecular complexity index is 579. The molecule has 0 heterocycles. The monoisotopic (exact) mass is 383 g/mol. The predicted molar refractivity (Wildman–Crippen MR) is 94.7 cm³/mol. The molecule has 0 radical (unpaired) electrons. The second-order valence-corrected chi connectivity index (χ2v) is 6.99. The van der Waals surface area contributed by atoms with Crippen LogP contribution in [-0.4, -0.2) is 40.0 Å². The van der Waals surface area contributed by atoms with E-state index in [2.05, 4.69) is 22.3 Å². The summed E-state index contributed by atoms with van der Waals surface area (Å²) in [5.41, 5.74) is 0. The summed E-state index contributed by atoms with van der Waals surface area (Å²) in [6.45, 7) is 5.54. The highest BCUT2D eigenvalue weighted by Gasteiger charge is 2.21. The summed E-state index contributed by atoms with van der Waals surface area (Å²) in [6, 6.07) is 4.90. The number of nitrogens with one attached hydrogen (secondary N) is 3. The second-order valence-electron chi connectivity index (χ2n) is 4.84. The number of benzene rings is 1. The largest absolute Gasteiger partial charge is 0.353 e. The fourth-order valence-corrected chi connectivity index (χ4v) is 3.03. The van der Waals surface area contributed by atoms with Crippen molar-refractivity contribution >= 4 is 39.9 Å². The summed E-state index contributed by atoms with van der Waals surface area (Å²) in [5.74, 6) is -0.365. The zero-order valence-electron chi connectivity index (χ0n) is 13.1. The molecule has 0 fully saturated rings. The van der Waals surface area contributed by atoms with Crippen LogP contribution in [0.2, 0.25) is 5.02 Å². The summed E-state index contributed by atoms with van der Waals surface area (Å²) in [7, 11) is -3.75. The molecule has 3 N–H and O–H groups in total. The molecule has 1 amide bonds. The van der Waals surface area contributed by atoms with E-state index in [0.717, 1.165) is 13.0 Å². The number of hydrogen-bond acceptors (Lipinski definition) is 4. The van der Waals surface area contributed by atoms with E-state index in [1.54, 1.807) is 0 Å². The van der Waals surface area contributed by atoms with Crippen molar-refractivity contribution in [2.75, 3.05) is 19.6 Å². The van der Waals surface area contributed by atoms with Crippen LogP contribution in [0.5, 0.6) is 0 Å². The van der Waals surface area contributed by atoms with Crippen molar-refractivity contribution in [3.8, 4) is 0 Å². The molecule has 0 spiro atoms. The summed E-state index contributed by atoms with van der Waals surface area (Å²) < 4.78 is 26.6. The third kappa shape index (κ3) is 7.99. The van der Waals surface area contributed by atoms with Crippen LogP contribution in [0.1, 0.15) is 20.3 Å². The average molecular weight is 384 g/mol. The van der Waals surface area contributed by atoms with Crippen molar-refractivity contribution in [3.63, 3.8) is 0 Å². The van der Waals surface area contributed by atoms with Gasteiger partial charge in [-0.1, -0.05) is 18.5 Å². The van der Waals surface area contributed by atoms with Gasteiger partial charge in [-0.2, -0.15) is 4.72 Å². The highest BCUT2D eigenvalue weighted by Crippen LogP contribution is 2.14. The van der Waals surface area contributed by atoms with Gasteiger partial charge in [0.25, 0.3) is 0 Å². The van der Waals surface area contributed by atoms with Gasteiger partial charge in [0.15, 0.2) is 0 Å². The lowest BCUT2D eigenvalue weighted by atomic mass is 10.3. The van der Waals surface area contributed by atoms with Gasteiger partial charge in [-0.3, -0.25) is 4.79 Å². The standard InChI is InChI=1S/C14H22ClN3O3S.ClH/c1-3-8-16-9-10-17-14(19)11(2)18-22(20,21)13-6-4-12(15)5-7-13;/h4-7,11,16,18H,3,8-10H2,1-2H3,(H,17,19);1H. The van der Waals surface area contributed by atoms with E-state index in [-0.39, 0.29) is 23.2 Å². The van der Waals surface area contributed by atoms with Crippen LogP contribution in [0, 0.1) is 0 Å². The molecular formula is C14H23Cl2N3O3S. The minimum absolute atomic E-state index is 0. The Hall–Kier alpha value is -0.860. The van der Waals surface area contributed by atoms with Crippen LogP contribution in [0.3, 0.4) is 0 Å². The Morgan fingerprint density at radius 3 is 2.35 bits per heavy atom. The number of carbonyl (C=O) groups excluding carboxylic acids is 1. The van der Waals surface area contributed by atoms with Crippen LogP contribution in [-0.2, 0) is 14.8 Å². The molecule has 132 valence electrons. The van der Waals surface area contributed by atoms with E-state index < -0.39 is 16.1 Å². The fraction of sp³-hybridized carbons (Fsp3) is 0.500. The van der Waals surface area contributed by atoms with E-state index in [4.69, 9.17) is 11.6 Å². The van der Waals surface area contributed by atoms with Crippen molar-refractivity contribution in [3.05, 3.63) is 29.3 Å². The molecule has 6 nitrogen and oxygen atoms in total. The molecule has 0 aliphatic rings. The summed E-state index contributed by atoms with van der Waals surface area (Å²) in [4.78, 5) is 11.9. The molecule has 1 atom stereocenters. The minimum Gasteiger partial charge on any atom is -0.353 e. The van der Waals surface area contributed by atoms with Crippen molar-refractivity contribution in [2.24, 2.45) is 0 Å². The fourth-order valence-electron chi connectivity index (χ4n) is 1.70. The Morgan fingerprint density at radius 2 is 1.78 bits per heavy atom. The summed E-state index contributed by atoms with van der Waals surface area (Å²) >= 11 is 5.73. The van der Waals surface area contributed by atoms with Gasteiger partial charge in [-0.05, 0) is 44.2 Å². The molecule has 0 aliphatic carbocycles. The van der Waals surface area contributed by atoms with E-state index in [1.165, 1.54) is 31.2 Å². The van der Waals surface area contributed by atoms with Crippen molar-refractivity contribution in [2.45, 2.75) is 31.2 Å². The maximum absolute atomic E-state index is 12.1. The Balaban J connectivity index is 0.00000484. The minimum atomic E-state index is -3.75. The van der Waals surface area contributed by atoms with Crippen LogP contribution < -0.4 is 15.4 Å². The maximum Gasteiger partial charge on any atom is 0.241 e. The van der Waals surface area contributed by atoms with E-state index in [0.29, 0.717) is 18.1 Å². The Morgan fingerprint density at radius 1 is 1.17 bits per heavy atom. The van der Waals surface area contributed by atoms with Crippen LogP contribution in [0.25, 0.3) is 0 Å². The van der Waals surface area contributed by atoms with Gasteiger partial charge in [0.1, 0.15) is 0 Å². The second kappa shape index (κ2) is 10.8. The molecule has 1 unspecified atom stereocenters. The van der Waals surface area contributed by atoms with Gasteiger partial charge in [0.05, 0.1) is 10.9 Å². The first-order chi connectivity index (χ1) is 10.4. The van der Waals surface area contributed by atoms with Gasteiger partial charge in [0.2, 0.25) is 15.9 Å². The van der Waals surface area contributed by atoms with Gasteiger partial charge in [-0.25, -0.2) is 8.42 Å². The summed E-state index contributed by atoms with van der Waals surface area (Å²) in [6.07, 6.45) is 1.02. The number of sulfonamides is 1. The predicted octanol–water partition coefficient (Wildman–Crippen LogP) is 1.54. The molecule has 0 saturated heterocycles. The molecule has 0 saturated carbocycles. The Kier molecular flexibility index (Phi) is 10.4. The quantitative estimate of drug-likeness (QED) is 0.564. The van der Waals surface area contributed by atoms with Crippen LogP contribution in [0.4, 0.5) is 0 Å². The van der Waals surface area contributed by atoms with Gasteiger partial charge in [0, 0.05) is 18.1 Å². The molecule has 9 heteroatoms. The molecular weight excluding hydrogens is 361 g/mol. The SMILES string of the molecule is CCCNCCNC(=O)C(C)NS(=O)(=O)c1ccc(Cl)cc1.Cl. The molecule has 1 aromatic carbocycles. The first-order valence-corrected chi connectivity index (χ1v) is 8.99. The summed E-state index contributed by atoms with van der Waals surface area (Å²) in [5, 5.41) is 6.27. The lowest BCUT2D eigenvalue weighted by Crippen LogP contribution is -2.46. The highest BCUT2D eigenvalue weighted by molar-refractivity contribution is 7.89. The lowest BCUT2D eigenvalue weighted by Gasteiger charge is -2.14. The highest BCUT2D eigenvalue weighted by atomic mass is 35.5. The maximum atomic E-state index is 12.1. The van der Waals surface area contributed by atoms with E-state index in [1.807, 2.05) is 0 Å². The third-order valence-electron chi connectivity index (χ3n) is 2.88. The molecule has 23 heavy (non-hydrogen) atoms. The number of hydrogen-bond donors (Lipinski definition) is 3. The number of carbonyl (C=O) groups is 1. The van der Waals surface area contributed by atoms with Crippen molar-refractivity contribution in [1.29, 1.82) is 0 Å². The number of amides is 1. The molecule has 1 rings (SSSR count). The first kappa shape index (κ1) is 22.1. The van der Waals surface area contributed by atoms with Crippen LogP contribution in [0.15, 0.2) is 29.2 Å². The lowest BCUT2D eigenvalue weighted by molar-refractivity contribution is -0.122. The third-order valence-corrected chi connectivity index (χ3v) is 4.69. The average Bonchev–Trinajstić information content (AvgIpc) is 2.46. The van der Waals surface area contributed by atoms with Gasteiger partial charge < -0.3 is 10.6 Å². The van der Waals surface area contributed by atoms with Crippen LogP contribution >= 0.6 is 24.0 Å². The van der Waals surface area contributed by atoms with E-state index >= 15 is 0 Å².